The second-order valence-electron chi connectivity index (χ2n) is 5.96. The molecule has 0 N–H and O–H groups in total. The van der Waals surface area contributed by atoms with Crippen LogP contribution in [0.15, 0.2) is 0 Å². The predicted molar refractivity (Wildman–Crippen MR) is 65.0 cm³/mol. The minimum Gasteiger partial charge on any atom is -0.460 e. The number of hydrogen-bond acceptors (Lipinski definition) is 5. The van der Waals surface area contributed by atoms with E-state index in [1.165, 1.54) is 0 Å². The van der Waals surface area contributed by atoms with E-state index in [1.807, 2.05) is 20.8 Å². The molecule has 18 heavy (non-hydrogen) atoms. The molecule has 5 nitrogen and oxygen atoms in total. The average Bonchev–Trinajstić information content (AvgIpc) is 2.11. The van der Waals surface area contributed by atoms with Gasteiger partial charge in [-0.1, -0.05) is 0 Å². The largest absolute Gasteiger partial charge is 0.460 e. The van der Waals surface area contributed by atoms with E-state index in [0.29, 0.717) is 6.42 Å². The second kappa shape index (κ2) is 5.36. The molecule has 1 heterocycles. The Hall–Kier alpha value is -0.940. The van der Waals surface area contributed by atoms with E-state index in [2.05, 4.69) is 0 Å². The first kappa shape index (κ1) is 15.1. The highest BCUT2D eigenvalue weighted by atomic mass is 16.7. The van der Waals surface area contributed by atoms with Gasteiger partial charge in [0.1, 0.15) is 18.0 Å². The van der Waals surface area contributed by atoms with Crippen LogP contribution in [-0.2, 0) is 23.8 Å². The number of ether oxygens (including phenoxy) is 3. The van der Waals surface area contributed by atoms with E-state index >= 15 is 0 Å². The number of hydrogen-bond donors (Lipinski definition) is 0. The third kappa shape index (κ3) is 5.14. The highest BCUT2D eigenvalue weighted by Gasteiger charge is 2.36. The van der Waals surface area contributed by atoms with Gasteiger partial charge in [0.05, 0.1) is 12.5 Å². The number of carbonyl (C=O) groups excluding carboxylic acids is 2. The summed E-state index contributed by atoms with van der Waals surface area (Å²) in [6.45, 7) is 8.89. The summed E-state index contributed by atoms with van der Waals surface area (Å²) in [5.41, 5.74) is -0.512. The molecule has 1 saturated heterocycles. The molecule has 0 unspecified atom stereocenters. The minimum atomic E-state index is -0.851. The van der Waals surface area contributed by atoms with Crippen LogP contribution in [0.25, 0.3) is 0 Å². The maximum absolute atomic E-state index is 11.7. The molecular formula is C13H22O5. The van der Waals surface area contributed by atoms with Gasteiger partial charge in [-0.05, 0) is 34.6 Å². The molecule has 0 aliphatic carbocycles. The van der Waals surface area contributed by atoms with Gasteiger partial charge in [-0.2, -0.15) is 0 Å². The molecule has 0 amide bonds. The second-order valence-corrected chi connectivity index (χ2v) is 5.96. The van der Waals surface area contributed by atoms with Gasteiger partial charge in [-0.3, -0.25) is 4.79 Å². The summed E-state index contributed by atoms with van der Waals surface area (Å²) >= 11 is 0. The first-order valence-electron chi connectivity index (χ1n) is 6.14. The predicted octanol–water partition coefficient (Wildman–Crippen LogP) is 1.83. The zero-order chi connectivity index (χ0) is 14.0. The Labute approximate surface area is 108 Å². The number of carbonyl (C=O) groups is 2. The topological polar surface area (TPSA) is 61.8 Å². The van der Waals surface area contributed by atoms with Crippen molar-refractivity contribution in [2.45, 2.75) is 71.1 Å². The van der Waals surface area contributed by atoms with Crippen LogP contribution in [0.4, 0.5) is 0 Å². The van der Waals surface area contributed by atoms with Crippen molar-refractivity contribution in [1.82, 2.24) is 0 Å². The van der Waals surface area contributed by atoms with Crippen LogP contribution < -0.4 is 0 Å². The Balaban J connectivity index is 2.56. The minimum absolute atomic E-state index is 0.133. The van der Waals surface area contributed by atoms with E-state index in [9.17, 15) is 9.59 Å². The van der Waals surface area contributed by atoms with E-state index < -0.39 is 17.5 Å². The molecule has 5 heteroatoms. The van der Waals surface area contributed by atoms with Crippen LogP contribution in [0.1, 0.15) is 47.5 Å². The number of rotatable bonds is 3. The van der Waals surface area contributed by atoms with E-state index in [1.54, 1.807) is 13.8 Å². The smallest absolute Gasteiger partial charge is 0.308 e. The average molecular weight is 258 g/mol. The van der Waals surface area contributed by atoms with Gasteiger partial charge in [0.2, 0.25) is 0 Å². The van der Waals surface area contributed by atoms with Crippen LogP contribution in [-0.4, -0.2) is 35.9 Å². The number of esters is 1. The molecule has 2 atom stereocenters. The standard InChI is InChI=1S/C13H22O5/c1-12(2,3)18-11(15)7-9-6-10(8-14)17-13(4,5)16-9/h8-10H,6-7H2,1-5H3/t9-,10-/m0/s1. The molecule has 104 valence electrons. The molecule has 0 aromatic carbocycles. The zero-order valence-electron chi connectivity index (χ0n) is 11.7. The highest BCUT2D eigenvalue weighted by Crippen LogP contribution is 2.28. The summed E-state index contributed by atoms with van der Waals surface area (Å²) in [5, 5.41) is 0. The molecule has 1 aliphatic rings. The van der Waals surface area contributed by atoms with Crippen molar-refractivity contribution in [1.29, 1.82) is 0 Å². The third-order valence-corrected chi connectivity index (χ3v) is 2.35. The van der Waals surface area contributed by atoms with Crippen LogP contribution in [0.2, 0.25) is 0 Å². The number of aldehydes is 1. The van der Waals surface area contributed by atoms with Crippen molar-refractivity contribution >= 4 is 12.3 Å². The zero-order valence-corrected chi connectivity index (χ0v) is 11.7. The lowest BCUT2D eigenvalue weighted by Gasteiger charge is -2.38. The maximum Gasteiger partial charge on any atom is 0.308 e. The molecule has 1 rings (SSSR count). The van der Waals surface area contributed by atoms with Crippen LogP contribution in [0.5, 0.6) is 0 Å². The molecule has 1 fully saturated rings. The highest BCUT2D eigenvalue weighted by molar-refractivity contribution is 5.70. The SMILES string of the molecule is CC(C)(C)OC(=O)C[C@@H]1C[C@@H](C=O)OC(C)(C)O1. The fourth-order valence-electron chi connectivity index (χ4n) is 1.93. The van der Waals surface area contributed by atoms with Crippen molar-refractivity contribution in [2.24, 2.45) is 0 Å². The summed E-state index contributed by atoms with van der Waals surface area (Å²) in [7, 11) is 0. The normalized spacial score (nSPS) is 27.6. The lowest BCUT2D eigenvalue weighted by molar-refractivity contribution is -0.291. The summed E-state index contributed by atoms with van der Waals surface area (Å²) in [4.78, 5) is 22.5. The summed E-state index contributed by atoms with van der Waals surface area (Å²) in [6.07, 6.45) is 0.382. The van der Waals surface area contributed by atoms with Crippen LogP contribution >= 0.6 is 0 Å². The van der Waals surface area contributed by atoms with Gasteiger partial charge >= 0.3 is 5.97 Å². The maximum atomic E-state index is 11.7. The van der Waals surface area contributed by atoms with Crippen molar-refractivity contribution in [3.05, 3.63) is 0 Å². The Bertz CT molecular complexity index is 316. The molecule has 0 aromatic heterocycles. The van der Waals surface area contributed by atoms with Crippen molar-refractivity contribution < 1.29 is 23.8 Å². The first-order valence-corrected chi connectivity index (χ1v) is 6.14. The van der Waals surface area contributed by atoms with Gasteiger partial charge in [0.15, 0.2) is 5.79 Å². The molecule has 0 bridgehead atoms. The Kier molecular flexibility index (Phi) is 4.50. The lowest BCUT2D eigenvalue weighted by Crippen LogP contribution is -2.46. The fourth-order valence-corrected chi connectivity index (χ4v) is 1.93. The lowest BCUT2D eigenvalue weighted by atomic mass is 10.1. The molecule has 0 spiro atoms. The van der Waals surface area contributed by atoms with Gasteiger partial charge < -0.3 is 19.0 Å². The quantitative estimate of drug-likeness (QED) is 0.571. The first-order chi connectivity index (χ1) is 8.11. The molecule has 0 radical (unpaired) electrons. The van der Waals surface area contributed by atoms with Crippen molar-refractivity contribution in [3.8, 4) is 0 Å². The van der Waals surface area contributed by atoms with E-state index in [0.717, 1.165) is 6.29 Å². The third-order valence-electron chi connectivity index (χ3n) is 2.35. The molecule has 1 aliphatic heterocycles. The Morgan fingerprint density at radius 2 is 2.00 bits per heavy atom. The molecule has 0 saturated carbocycles. The Morgan fingerprint density at radius 1 is 1.39 bits per heavy atom. The summed E-state index contributed by atoms with van der Waals surface area (Å²) in [5.74, 6) is -1.17. The molecular weight excluding hydrogens is 236 g/mol. The van der Waals surface area contributed by atoms with Gasteiger partial charge in [-0.25, -0.2) is 0 Å². The van der Waals surface area contributed by atoms with Gasteiger partial charge in [0, 0.05) is 6.42 Å². The molecule has 0 aromatic rings. The van der Waals surface area contributed by atoms with E-state index in [-0.39, 0.29) is 18.5 Å². The van der Waals surface area contributed by atoms with Crippen molar-refractivity contribution in [2.75, 3.05) is 0 Å². The monoisotopic (exact) mass is 258 g/mol. The summed E-state index contributed by atoms with van der Waals surface area (Å²) in [6, 6.07) is 0. The Morgan fingerprint density at radius 3 is 2.50 bits per heavy atom. The van der Waals surface area contributed by atoms with Crippen LogP contribution in [0, 0.1) is 0 Å². The van der Waals surface area contributed by atoms with Gasteiger partial charge in [0.25, 0.3) is 0 Å². The van der Waals surface area contributed by atoms with Gasteiger partial charge in [-0.15, -0.1) is 0 Å². The van der Waals surface area contributed by atoms with E-state index in [4.69, 9.17) is 14.2 Å². The fraction of sp³-hybridized carbons (Fsp3) is 0.846. The van der Waals surface area contributed by atoms with Crippen LogP contribution in [0.3, 0.4) is 0 Å². The summed E-state index contributed by atoms with van der Waals surface area (Å²) < 4.78 is 16.2. The van der Waals surface area contributed by atoms with Crippen molar-refractivity contribution in [3.63, 3.8) is 0 Å².